The van der Waals surface area contributed by atoms with Crippen LogP contribution in [-0.2, 0) is 16.4 Å². The van der Waals surface area contributed by atoms with Gasteiger partial charge in [-0.1, -0.05) is 22.9 Å². The van der Waals surface area contributed by atoms with Crippen molar-refractivity contribution in [2.24, 2.45) is 5.92 Å². The van der Waals surface area contributed by atoms with E-state index in [1.165, 1.54) is 0 Å². The monoisotopic (exact) mass is 317 g/mol. The van der Waals surface area contributed by atoms with Crippen LogP contribution >= 0.6 is 15.9 Å². The van der Waals surface area contributed by atoms with Gasteiger partial charge in [-0.05, 0) is 48.9 Å². The molecule has 94 valence electrons. The molecule has 1 aromatic carbocycles. The van der Waals surface area contributed by atoms with Crippen molar-refractivity contribution in [1.29, 1.82) is 0 Å². The number of benzene rings is 1. The second kappa shape index (κ2) is 4.98. The minimum Gasteiger partial charge on any atom is -0.283 e. The maximum Gasteiger partial charge on any atom is 0.233 e. The van der Waals surface area contributed by atoms with Crippen LogP contribution in [0.4, 0.5) is 5.69 Å². The molecule has 0 aliphatic heterocycles. The average Bonchev–Trinajstić information content (AvgIpc) is 3.03. The molecule has 0 amide bonds. The molecule has 1 saturated carbocycles. The number of hydrogen-bond donors (Lipinski definition) is 1. The van der Waals surface area contributed by atoms with Gasteiger partial charge >= 0.3 is 0 Å². The SMILES string of the molecule is CCc1cc(Br)ccc1NS(=O)(=O)CC1CC1. The van der Waals surface area contributed by atoms with Gasteiger partial charge < -0.3 is 0 Å². The Morgan fingerprint density at radius 2 is 2.12 bits per heavy atom. The average molecular weight is 318 g/mol. The minimum atomic E-state index is -3.18. The zero-order valence-corrected chi connectivity index (χ0v) is 12.1. The fourth-order valence-electron chi connectivity index (χ4n) is 1.76. The maximum absolute atomic E-state index is 11.9. The lowest BCUT2D eigenvalue weighted by Gasteiger charge is -2.11. The number of halogens is 1. The van der Waals surface area contributed by atoms with Crippen LogP contribution in [0.3, 0.4) is 0 Å². The molecule has 1 aliphatic rings. The second-order valence-electron chi connectivity index (χ2n) is 4.48. The summed E-state index contributed by atoms with van der Waals surface area (Å²) in [5.74, 6) is 0.625. The van der Waals surface area contributed by atoms with E-state index in [4.69, 9.17) is 0 Å². The van der Waals surface area contributed by atoms with Gasteiger partial charge in [0.15, 0.2) is 0 Å². The molecule has 0 radical (unpaired) electrons. The number of nitrogens with one attached hydrogen (secondary N) is 1. The molecule has 0 spiro atoms. The number of rotatable bonds is 5. The predicted molar refractivity (Wildman–Crippen MR) is 73.7 cm³/mol. The van der Waals surface area contributed by atoms with Crippen LogP contribution < -0.4 is 4.72 Å². The van der Waals surface area contributed by atoms with Gasteiger partial charge in [-0.15, -0.1) is 0 Å². The summed E-state index contributed by atoms with van der Waals surface area (Å²) in [6.07, 6.45) is 2.89. The largest absolute Gasteiger partial charge is 0.283 e. The normalized spacial score (nSPS) is 15.9. The van der Waals surface area contributed by atoms with E-state index in [0.717, 1.165) is 29.3 Å². The first-order chi connectivity index (χ1) is 8.00. The third-order valence-electron chi connectivity index (χ3n) is 2.87. The number of aryl methyl sites for hydroxylation is 1. The minimum absolute atomic E-state index is 0.256. The molecule has 1 N–H and O–H groups in total. The van der Waals surface area contributed by atoms with Crippen LogP contribution in [0, 0.1) is 5.92 Å². The topological polar surface area (TPSA) is 46.2 Å². The van der Waals surface area contributed by atoms with Crippen molar-refractivity contribution in [1.82, 2.24) is 0 Å². The highest BCUT2D eigenvalue weighted by molar-refractivity contribution is 9.10. The fraction of sp³-hybridized carbons (Fsp3) is 0.500. The van der Waals surface area contributed by atoms with Crippen LogP contribution in [0.5, 0.6) is 0 Å². The summed E-state index contributed by atoms with van der Waals surface area (Å²) in [6.45, 7) is 2.01. The highest BCUT2D eigenvalue weighted by Crippen LogP contribution is 2.31. The molecule has 0 aromatic heterocycles. The Balaban J connectivity index is 2.16. The van der Waals surface area contributed by atoms with Crippen LogP contribution in [0.15, 0.2) is 22.7 Å². The van der Waals surface area contributed by atoms with Crippen molar-refractivity contribution >= 4 is 31.6 Å². The summed E-state index contributed by atoms with van der Waals surface area (Å²) >= 11 is 3.39. The van der Waals surface area contributed by atoms with Gasteiger partial charge in [0.1, 0.15) is 0 Å². The molecule has 5 heteroatoms. The van der Waals surface area contributed by atoms with Crippen molar-refractivity contribution in [3.05, 3.63) is 28.2 Å². The zero-order valence-electron chi connectivity index (χ0n) is 9.74. The first-order valence-electron chi connectivity index (χ1n) is 5.79. The summed E-state index contributed by atoms with van der Waals surface area (Å²) in [5.41, 5.74) is 1.72. The lowest BCUT2D eigenvalue weighted by atomic mass is 10.1. The predicted octanol–water partition coefficient (Wildman–Crippen LogP) is 3.16. The quantitative estimate of drug-likeness (QED) is 0.906. The van der Waals surface area contributed by atoms with E-state index in [9.17, 15) is 8.42 Å². The van der Waals surface area contributed by atoms with Gasteiger partial charge in [-0.25, -0.2) is 8.42 Å². The Hall–Kier alpha value is -0.550. The molecule has 1 fully saturated rings. The Morgan fingerprint density at radius 3 is 2.71 bits per heavy atom. The second-order valence-corrected chi connectivity index (χ2v) is 7.16. The third-order valence-corrected chi connectivity index (χ3v) is 4.80. The lowest BCUT2D eigenvalue weighted by molar-refractivity contribution is 0.597. The third kappa shape index (κ3) is 3.71. The van der Waals surface area contributed by atoms with E-state index in [2.05, 4.69) is 20.7 Å². The first-order valence-corrected chi connectivity index (χ1v) is 8.23. The molecule has 0 saturated heterocycles. The zero-order chi connectivity index (χ0) is 12.5. The van der Waals surface area contributed by atoms with E-state index < -0.39 is 10.0 Å². The molecular formula is C12H16BrNO2S. The molecule has 3 nitrogen and oxygen atoms in total. The highest BCUT2D eigenvalue weighted by atomic mass is 79.9. The van der Waals surface area contributed by atoms with E-state index in [-0.39, 0.29) is 5.75 Å². The van der Waals surface area contributed by atoms with Gasteiger partial charge in [0, 0.05) is 4.47 Å². The van der Waals surface area contributed by atoms with E-state index in [0.29, 0.717) is 11.6 Å². The maximum atomic E-state index is 11.9. The lowest BCUT2D eigenvalue weighted by Crippen LogP contribution is -2.18. The Labute approximate surface area is 111 Å². The summed E-state index contributed by atoms with van der Waals surface area (Å²) in [5, 5.41) is 0. The van der Waals surface area contributed by atoms with Crippen molar-refractivity contribution in [3.8, 4) is 0 Å². The van der Waals surface area contributed by atoms with Crippen molar-refractivity contribution in [3.63, 3.8) is 0 Å². The summed E-state index contributed by atoms with van der Waals surface area (Å²) < 4.78 is 27.4. The molecule has 0 unspecified atom stereocenters. The molecule has 0 heterocycles. The van der Waals surface area contributed by atoms with Gasteiger partial charge in [0.05, 0.1) is 11.4 Å². The Morgan fingerprint density at radius 1 is 1.41 bits per heavy atom. The summed E-state index contributed by atoms with van der Waals surface area (Å²) in [7, 11) is -3.18. The van der Waals surface area contributed by atoms with Crippen LogP contribution in [0.1, 0.15) is 25.3 Å². The smallest absolute Gasteiger partial charge is 0.233 e. The van der Waals surface area contributed by atoms with E-state index in [1.54, 1.807) is 0 Å². The van der Waals surface area contributed by atoms with Gasteiger partial charge in [-0.3, -0.25) is 4.72 Å². The van der Waals surface area contributed by atoms with Crippen LogP contribution in [-0.4, -0.2) is 14.2 Å². The van der Waals surface area contributed by atoms with Gasteiger partial charge in [0.2, 0.25) is 10.0 Å². The van der Waals surface area contributed by atoms with Crippen LogP contribution in [0.25, 0.3) is 0 Å². The van der Waals surface area contributed by atoms with Crippen molar-refractivity contribution < 1.29 is 8.42 Å². The molecule has 0 atom stereocenters. The Bertz CT molecular complexity index is 509. The molecule has 17 heavy (non-hydrogen) atoms. The number of anilines is 1. The van der Waals surface area contributed by atoms with Gasteiger partial charge in [0.25, 0.3) is 0 Å². The highest BCUT2D eigenvalue weighted by Gasteiger charge is 2.28. The molecule has 1 aliphatic carbocycles. The molecule has 2 rings (SSSR count). The van der Waals surface area contributed by atoms with Crippen molar-refractivity contribution in [2.75, 3.05) is 10.5 Å². The fourth-order valence-corrected chi connectivity index (χ4v) is 3.74. The Kier molecular flexibility index (Phi) is 3.78. The molecular weight excluding hydrogens is 302 g/mol. The summed E-state index contributed by atoms with van der Waals surface area (Å²) in [6, 6.07) is 5.62. The van der Waals surface area contributed by atoms with Crippen molar-refractivity contribution in [2.45, 2.75) is 26.2 Å². The molecule has 1 aromatic rings. The first kappa shape index (κ1) is 12.9. The number of hydrogen-bond acceptors (Lipinski definition) is 2. The van der Waals surface area contributed by atoms with E-state index >= 15 is 0 Å². The van der Waals surface area contributed by atoms with Crippen LogP contribution in [0.2, 0.25) is 0 Å². The molecule has 0 bridgehead atoms. The number of sulfonamides is 1. The summed E-state index contributed by atoms with van der Waals surface area (Å²) in [4.78, 5) is 0. The standard InChI is InChI=1S/C12H16BrNO2S/c1-2-10-7-11(13)5-6-12(10)14-17(15,16)8-9-3-4-9/h5-7,9,14H,2-4,8H2,1H3. The van der Waals surface area contributed by atoms with E-state index in [1.807, 2.05) is 25.1 Å². The van der Waals surface area contributed by atoms with Gasteiger partial charge in [-0.2, -0.15) is 0 Å².